The zero-order chi connectivity index (χ0) is 23.9. The number of fused-ring (bicyclic) bond motifs is 1. The highest BCUT2D eigenvalue weighted by Gasteiger charge is 2.13. The first-order valence-corrected chi connectivity index (χ1v) is 12.3. The molecule has 0 aliphatic heterocycles. The van der Waals surface area contributed by atoms with E-state index in [-0.39, 0.29) is 18.1 Å². The van der Waals surface area contributed by atoms with Crippen molar-refractivity contribution in [1.82, 2.24) is 9.88 Å². The van der Waals surface area contributed by atoms with Gasteiger partial charge in [0, 0.05) is 35.4 Å². The number of carbonyl (C=O) groups is 1. The van der Waals surface area contributed by atoms with Crippen LogP contribution in [0.25, 0.3) is 10.2 Å². The van der Waals surface area contributed by atoms with E-state index in [0.29, 0.717) is 11.4 Å². The zero-order valence-corrected chi connectivity index (χ0v) is 20.2. The molecule has 4 rings (SSSR count). The standard InChI is InChI=1S/C27H28FN3O2S/c1-3-31(4-2)15-13-21-18-23-27(34-21)25(12-14-29-23)33-24-11-10-20(17-22(24)28)30-26(32)16-19-8-6-5-7-9-19/h5-12,14,17-18H,3-4,13,15-16H2,1-2H3,(H,30,32). The third kappa shape index (κ3) is 5.98. The fourth-order valence-corrected chi connectivity index (χ4v) is 4.79. The second-order valence-electron chi connectivity index (χ2n) is 7.97. The number of halogens is 1. The minimum atomic E-state index is -0.541. The van der Waals surface area contributed by atoms with Crippen molar-refractivity contribution in [3.05, 3.63) is 83.1 Å². The molecule has 2 aromatic heterocycles. The van der Waals surface area contributed by atoms with Crippen LogP contribution in [0.4, 0.5) is 10.1 Å². The maximum Gasteiger partial charge on any atom is 0.228 e. The molecule has 1 amide bonds. The molecule has 2 heterocycles. The Labute approximate surface area is 203 Å². The maximum atomic E-state index is 14.8. The third-order valence-electron chi connectivity index (χ3n) is 5.64. The van der Waals surface area contributed by atoms with E-state index in [0.717, 1.165) is 41.8 Å². The molecular formula is C27H28FN3O2S. The third-order valence-corrected chi connectivity index (χ3v) is 6.84. The number of rotatable bonds is 10. The molecule has 0 spiro atoms. The topological polar surface area (TPSA) is 54.5 Å². The average Bonchev–Trinajstić information content (AvgIpc) is 3.26. The van der Waals surface area contributed by atoms with E-state index < -0.39 is 5.82 Å². The highest BCUT2D eigenvalue weighted by Crippen LogP contribution is 2.36. The molecule has 5 nitrogen and oxygen atoms in total. The van der Waals surface area contributed by atoms with Gasteiger partial charge in [0.25, 0.3) is 0 Å². The van der Waals surface area contributed by atoms with Crippen molar-refractivity contribution in [2.75, 3.05) is 25.0 Å². The van der Waals surface area contributed by atoms with Gasteiger partial charge in [0.2, 0.25) is 5.91 Å². The smallest absolute Gasteiger partial charge is 0.228 e. The van der Waals surface area contributed by atoms with Gasteiger partial charge in [0.05, 0.1) is 16.6 Å². The number of nitrogens with one attached hydrogen (secondary N) is 1. The van der Waals surface area contributed by atoms with Gasteiger partial charge >= 0.3 is 0 Å². The molecule has 176 valence electrons. The number of aromatic nitrogens is 1. The molecule has 0 aliphatic carbocycles. The van der Waals surface area contributed by atoms with Crippen molar-refractivity contribution in [3.63, 3.8) is 0 Å². The van der Waals surface area contributed by atoms with E-state index in [4.69, 9.17) is 4.74 Å². The van der Waals surface area contributed by atoms with Crippen LogP contribution >= 0.6 is 11.3 Å². The summed E-state index contributed by atoms with van der Waals surface area (Å²) in [6.07, 6.45) is 2.84. The molecule has 0 bridgehead atoms. The highest BCUT2D eigenvalue weighted by atomic mass is 32.1. The molecule has 0 aliphatic rings. The molecule has 0 unspecified atom stereocenters. The van der Waals surface area contributed by atoms with E-state index in [1.807, 2.05) is 30.3 Å². The Balaban J connectivity index is 1.45. The fraction of sp³-hybridized carbons (Fsp3) is 0.259. The van der Waals surface area contributed by atoms with E-state index in [1.54, 1.807) is 29.7 Å². The van der Waals surface area contributed by atoms with Gasteiger partial charge in [0.15, 0.2) is 11.6 Å². The lowest BCUT2D eigenvalue weighted by molar-refractivity contribution is -0.115. The van der Waals surface area contributed by atoms with Crippen molar-refractivity contribution in [1.29, 1.82) is 0 Å². The van der Waals surface area contributed by atoms with Crippen LogP contribution in [-0.4, -0.2) is 35.4 Å². The SMILES string of the molecule is CCN(CC)CCc1cc2nccc(Oc3ccc(NC(=O)Cc4ccccc4)cc3F)c2s1. The zero-order valence-electron chi connectivity index (χ0n) is 19.4. The Bertz CT molecular complexity index is 1260. The molecule has 2 aromatic carbocycles. The molecule has 0 saturated heterocycles. The Morgan fingerprint density at radius 2 is 1.85 bits per heavy atom. The summed E-state index contributed by atoms with van der Waals surface area (Å²) < 4.78 is 21.6. The number of amides is 1. The highest BCUT2D eigenvalue weighted by molar-refractivity contribution is 7.19. The first-order chi connectivity index (χ1) is 16.6. The first-order valence-electron chi connectivity index (χ1n) is 11.5. The lowest BCUT2D eigenvalue weighted by Gasteiger charge is -2.16. The second kappa shape index (κ2) is 11.2. The quantitative estimate of drug-likeness (QED) is 0.292. The van der Waals surface area contributed by atoms with Crippen molar-refractivity contribution in [2.24, 2.45) is 0 Å². The van der Waals surface area contributed by atoms with Gasteiger partial charge in [-0.15, -0.1) is 11.3 Å². The summed E-state index contributed by atoms with van der Waals surface area (Å²) in [4.78, 5) is 20.3. The van der Waals surface area contributed by atoms with E-state index in [2.05, 4.69) is 35.1 Å². The van der Waals surface area contributed by atoms with Crippen molar-refractivity contribution in [3.8, 4) is 11.5 Å². The van der Waals surface area contributed by atoms with Crippen LogP contribution < -0.4 is 10.1 Å². The van der Waals surface area contributed by atoms with Gasteiger partial charge in [-0.2, -0.15) is 0 Å². The molecule has 34 heavy (non-hydrogen) atoms. The minimum Gasteiger partial charge on any atom is -0.453 e. The number of carbonyl (C=O) groups excluding carboxylic acids is 1. The van der Waals surface area contributed by atoms with Crippen molar-refractivity contribution in [2.45, 2.75) is 26.7 Å². The molecular weight excluding hydrogens is 449 g/mol. The summed E-state index contributed by atoms with van der Waals surface area (Å²) >= 11 is 1.63. The lowest BCUT2D eigenvalue weighted by atomic mass is 10.1. The van der Waals surface area contributed by atoms with E-state index in [9.17, 15) is 9.18 Å². The number of nitrogens with zero attached hydrogens (tertiary/aromatic N) is 2. The maximum absolute atomic E-state index is 14.8. The van der Waals surface area contributed by atoms with Gasteiger partial charge in [-0.1, -0.05) is 44.2 Å². The number of thiophene rings is 1. The molecule has 1 N–H and O–H groups in total. The fourth-order valence-electron chi connectivity index (χ4n) is 3.74. The van der Waals surface area contributed by atoms with Gasteiger partial charge in [0.1, 0.15) is 5.75 Å². The summed E-state index contributed by atoms with van der Waals surface area (Å²) in [6.45, 7) is 7.36. The van der Waals surface area contributed by atoms with Gasteiger partial charge < -0.3 is 15.0 Å². The molecule has 0 saturated carbocycles. The predicted octanol–water partition coefficient (Wildman–Crippen LogP) is 6.29. The molecule has 0 fully saturated rings. The summed E-state index contributed by atoms with van der Waals surface area (Å²) in [5.74, 6) is -0.0674. The van der Waals surface area contributed by atoms with Crippen LogP contribution in [0.1, 0.15) is 24.3 Å². The van der Waals surface area contributed by atoms with Gasteiger partial charge in [-0.25, -0.2) is 4.39 Å². The van der Waals surface area contributed by atoms with Crippen molar-refractivity contribution >= 4 is 33.1 Å². The predicted molar refractivity (Wildman–Crippen MR) is 136 cm³/mol. The van der Waals surface area contributed by atoms with Crippen LogP contribution in [0.2, 0.25) is 0 Å². The largest absolute Gasteiger partial charge is 0.453 e. The van der Waals surface area contributed by atoms with E-state index in [1.165, 1.54) is 17.0 Å². The Morgan fingerprint density at radius 3 is 2.59 bits per heavy atom. The van der Waals surface area contributed by atoms with Crippen LogP contribution in [0.3, 0.4) is 0 Å². The lowest BCUT2D eigenvalue weighted by Crippen LogP contribution is -2.25. The van der Waals surface area contributed by atoms with Gasteiger partial charge in [-0.3, -0.25) is 9.78 Å². The summed E-state index contributed by atoms with van der Waals surface area (Å²) in [7, 11) is 0. The number of anilines is 1. The molecule has 0 radical (unpaired) electrons. The van der Waals surface area contributed by atoms with Crippen LogP contribution in [0.5, 0.6) is 11.5 Å². The van der Waals surface area contributed by atoms with Crippen LogP contribution in [0.15, 0.2) is 66.9 Å². The number of benzene rings is 2. The second-order valence-corrected chi connectivity index (χ2v) is 9.11. The molecule has 7 heteroatoms. The minimum absolute atomic E-state index is 0.103. The summed E-state index contributed by atoms with van der Waals surface area (Å²) in [6, 6.07) is 17.7. The number of ether oxygens (including phenoxy) is 1. The number of pyridine rings is 1. The molecule has 4 aromatic rings. The Hall–Kier alpha value is -3.29. The summed E-state index contributed by atoms with van der Waals surface area (Å²) in [5.41, 5.74) is 2.14. The number of hydrogen-bond donors (Lipinski definition) is 1. The average molecular weight is 478 g/mol. The number of hydrogen-bond acceptors (Lipinski definition) is 5. The van der Waals surface area contributed by atoms with Crippen LogP contribution in [0, 0.1) is 5.82 Å². The van der Waals surface area contributed by atoms with Gasteiger partial charge in [-0.05, 0) is 43.3 Å². The monoisotopic (exact) mass is 477 g/mol. The molecule has 0 atom stereocenters. The first kappa shape index (κ1) is 23.9. The summed E-state index contributed by atoms with van der Waals surface area (Å²) in [5, 5.41) is 2.74. The Morgan fingerprint density at radius 1 is 1.06 bits per heavy atom. The Kier molecular flexibility index (Phi) is 7.87. The van der Waals surface area contributed by atoms with Crippen molar-refractivity contribution < 1.29 is 13.9 Å². The van der Waals surface area contributed by atoms with Crippen LogP contribution in [-0.2, 0) is 17.6 Å². The normalized spacial score (nSPS) is 11.2. The number of likely N-dealkylation sites (N-methyl/N-ethyl adjacent to an activating group) is 1. The van der Waals surface area contributed by atoms with E-state index >= 15 is 0 Å².